The second-order valence-electron chi connectivity index (χ2n) is 7.23. The van der Waals surface area contributed by atoms with Crippen LogP contribution in [0, 0.1) is 5.92 Å². The van der Waals surface area contributed by atoms with Crippen LogP contribution in [0.25, 0.3) is 0 Å². The lowest BCUT2D eigenvalue weighted by molar-refractivity contribution is -0.245. The number of allylic oxidation sites excluding steroid dienone is 2. The van der Waals surface area contributed by atoms with Gasteiger partial charge in [-0.25, -0.2) is 0 Å². The number of carbonyl (C=O) groups is 1. The normalized spacial score (nSPS) is 21.6. The van der Waals surface area contributed by atoms with Crippen molar-refractivity contribution in [1.29, 1.82) is 0 Å². The minimum Gasteiger partial charge on any atom is -0.496 e. The molecule has 1 unspecified atom stereocenters. The molecule has 1 fully saturated rings. The SMILES string of the molecule is COc1ccccc1[C@H]1OC(c2ccccc2Cl)OC[C@H]1CC/C=C\CCC(=O)O. The van der Waals surface area contributed by atoms with Crippen molar-refractivity contribution >= 4 is 17.6 Å². The van der Waals surface area contributed by atoms with Crippen LogP contribution in [-0.2, 0) is 14.3 Å². The zero-order valence-electron chi connectivity index (χ0n) is 17.0. The van der Waals surface area contributed by atoms with E-state index >= 15 is 0 Å². The molecule has 0 bridgehead atoms. The van der Waals surface area contributed by atoms with Gasteiger partial charge in [-0.05, 0) is 31.4 Å². The van der Waals surface area contributed by atoms with Gasteiger partial charge < -0.3 is 19.3 Å². The van der Waals surface area contributed by atoms with Crippen LogP contribution in [0.3, 0.4) is 0 Å². The molecule has 2 aromatic rings. The Kier molecular flexibility index (Phi) is 8.31. The Balaban J connectivity index is 1.75. The van der Waals surface area contributed by atoms with Crippen LogP contribution in [0.2, 0.25) is 5.02 Å². The summed E-state index contributed by atoms with van der Waals surface area (Å²) >= 11 is 6.36. The van der Waals surface area contributed by atoms with Crippen LogP contribution in [0.4, 0.5) is 0 Å². The lowest BCUT2D eigenvalue weighted by atomic mass is 9.90. The van der Waals surface area contributed by atoms with Gasteiger partial charge in [0.2, 0.25) is 0 Å². The van der Waals surface area contributed by atoms with E-state index in [1.165, 1.54) is 0 Å². The molecule has 5 nitrogen and oxygen atoms in total. The third-order valence-electron chi connectivity index (χ3n) is 5.16. The van der Waals surface area contributed by atoms with Gasteiger partial charge in [-0.3, -0.25) is 4.79 Å². The van der Waals surface area contributed by atoms with E-state index in [4.69, 9.17) is 30.9 Å². The van der Waals surface area contributed by atoms with Crippen LogP contribution in [0.1, 0.15) is 49.2 Å². The van der Waals surface area contributed by atoms with Crippen molar-refractivity contribution in [2.45, 2.75) is 38.1 Å². The molecular formula is C24H27ClO5. The summed E-state index contributed by atoms with van der Waals surface area (Å²) in [5.41, 5.74) is 1.80. The number of carboxylic acid groups (broad SMARTS) is 1. The summed E-state index contributed by atoms with van der Waals surface area (Å²) in [7, 11) is 1.66. The summed E-state index contributed by atoms with van der Waals surface area (Å²) in [4.78, 5) is 10.6. The Morgan fingerprint density at radius 2 is 1.83 bits per heavy atom. The number of benzene rings is 2. The van der Waals surface area contributed by atoms with Crippen LogP contribution >= 0.6 is 11.6 Å². The van der Waals surface area contributed by atoms with Gasteiger partial charge in [0.1, 0.15) is 5.75 Å². The molecular weight excluding hydrogens is 404 g/mol. The highest BCUT2D eigenvalue weighted by atomic mass is 35.5. The second-order valence-corrected chi connectivity index (χ2v) is 7.63. The molecule has 160 valence electrons. The van der Waals surface area contributed by atoms with E-state index in [-0.39, 0.29) is 18.4 Å². The minimum atomic E-state index is -0.782. The van der Waals surface area contributed by atoms with Crippen molar-refractivity contribution in [3.05, 3.63) is 76.8 Å². The Morgan fingerprint density at radius 3 is 2.57 bits per heavy atom. The van der Waals surface area contributed by atoms with E-state index in [1.54, 1.807) is 7.11 Å². The molecule has 0 spiro atoms. The number of hydrogen-bond acceptors (Lipinski definition) is 4. The fraction of sp³-hybridized carbons (Fsp3) is 0.375. The lowest BCUT2D eigenvalue weighted by Crippen LogP contribution is -2.31. The van der Waals surface area contributed by atoms with Crippen LogP contribution in [0.5, 0.6) is 5.75 Å². The highest BCUT2D eigenvalue weighted by Gasteiger charge is 2.35. The van der Waals surface area contributed by atoms with Crippen molar-refractivity contribution in [3.63, 3.8) is 0 Å². The molecule has 1 aliphatic heterocycles. The number of rotatable bonds is 9. The van der Waals surface area contributed by atoms with E-state index < -0.39 is 12.3 Å². The third-order valence-corrected chi connectivity index (χ3v) is 5.50. The monoisotopic (exact) mass is 430 g/mol. The average molecular weight is 431 g/mol. The first kappa shape index (κ1) is 22.3. The zero-order valence-corrected chi connectivity index (χ0v) is 17.8. The van der Waals surface area contributed by atoms with Gasteiger partial charge in [-0.15, -0.1) is 0 Å². The van der Waals surface area contributed by atoms with Crippen molar-refractivity contribution in [1.82, 2.24) is 0 Å². The van der Waals surface area contributed by atoms with Gasteiger partial charge in [0.05, 0.1) is 19.8 Å². The topological polar surface area (TPSA) is 65.0 Å². The Bertz CT molecular complexity index is 866. The standard InChI is InChI=1S/C24H27ClO5/c1-28-21-14-9-7-12-19(21)23-17(10-4-2-3-5-15-22(26)27)16-29-24(30-23)18-11-6-8-13-20(18)25/h2-3,6-9,11-14,17,23-24H,4-5,10,15-16H2,1H3,(H,26,27)/b3-2-/t17-,23+,24?/m1/s1. The van der Waals surface area contributed by atoms with Gasteiger partial charge in [-0.1, -0.05) is 60.2 Å². The van der Waals surface area contributed by atoms with Crippen molar-refractivity contribution in [2.75, 3.05) is 13.7 Å². The number of methoxy groups -OCH3 is 1. The Hall–Kier alpha value is -2.34. The number of ether oxygens (including phenoxy) is 3. The van der Waals surface area contributed by atoms with E-state index in [9.17, 15) is 4.79 Å². The summed E-state index contributed by atoms with van der Waals surface area (Å²) < 4.78 is 18.0. The number of carboxylic acids is 1. The zero-order chi connectivity index (χ0) is 21.3. The van der Waals surface area contributed by atoms with Crippen molar-refractivity contribution in [3.8, 4) is 5.75 Å². The molecule has 3 atom stereocenters. The fourth-order valence-electron chi connectivity index (χ4n) is 3.63. The predicted molar refractivity (Wildman–Crippen MR) is 116 cm³/mol. The summed E-state index contributed by atoms with van der Waals surface area (Å²) in [6.45, 7) is 0.529. The molecule has 0 aliphatic carbocycles. The predicted octanol–water partition coefficient (Wildman–Crippen LogP) is 5.95. The first-order chi connectivity index (χ1) is 14.6. The molecule has 1 saturated heterocycles. The van der Waals surface area contributed by atoms with Crippen molar-refractivity contribution in [2.24, 2.45) is 5.92 Å². The van der Waals surface area contributed by atoms with Crippen molar-refractivity contribution < 1.29 is 24.1 Å². The molecule has 0 saturated carbocycles. The molecule has 1 N–H and O–H groups in total. The quantitative estimate of drug-likeness (QED) is 0.498. The largest absolute Gasteiger partial charge is 0.496 e. The first-order valence-corrected chi connectivity index (χ1v) is 10.5. The summed E-state index contributed by atoms with van der Waals surface area (Å²) in [6, 6.07) is 15.4. The smallest absolute Gasteiger partial charge is 0.303 e. The Morgan fingerprint density at radius 1 is 1.13 bits per heavy atom. The average Bonchev–Trinajstić information content (AvgIpc) is 2.76. The second kappa shape index (κ2) is 11.2. The molecule has 0 radical (unpaired) electrons. The minimum absolute atomic E-state index is 0.129. The summed E-state index contributed by atoms with van der Waals surface area (Å²) in [5.74, 6) is 0.129. The molecule has 1 heterocycles. The van der Waals surface area contributed by atoms with Gasteiger partial charge >= 0.3 is 5.97 Å². The van der Waals surface area contributed by atoms with Crippen LogP contribution in [0.15, 0.2) is 60.7 Å². The highest BCUT2D eigenvalue weighted by molar-refractivity contribution is 6.31. The fourth-order valence-corrected chi connectivity index (χ4v) is 3.85. The van der Waals surface area contributed by atoms with Gasteiger partial charge in [0, 0.05) is 28.5 Å². The van der Waals surface area contributed by atoms with Crippen LogP contribution < -0.4 is 4.74 Å². The molecule has 2 aromatic carbocycles. The Labute approximate surface area is 182 Å². The maximum absolute atomic E-state index is 10.6. The van der Waals surface area contributed by atoms with Gasteiger partial charge in [0.25, 0.3) is 0 Å². The maximum atomic E-state index is 10.6. The molecule has 1 aliphatic rings. The molecule has 0 aromatic heterocycles. The molecule has 3 rings (SSSR count). The molecule has 6 heteroatoms. The van der Waals surface area contributed by atoms with E-state index in [0.717, 1.165) is 29.7 Å². The summed E-state index contributed by atoms with van der Waals surface area (Å²) in [5, 5.41) is 9.35. The van der Waals surface area contributed by atoms with Crippen LogP contribution in [-0.4, -0.2) is 24.8 Å². The number of halogens is 1. The van der Waals surface area contributed by atoms with Gasteiger partial charge in [0.15, 0.2) is 6.29 Å². The maximum Gasteiger partial charge on any atom is 0.303 e. The number of hydrogen-bond donors (Lipinski definition) is 1. The van der Waals surface area contributed by atoms with E-state index in [1.807, 2.05) is 60.7 Å². The van der Waals surface area contributed by atoms with Gasteiger partial charge in [-0.2, -0.15) is 0 Å². The number of para-hydroxylation sites is 1. The number of aliphatic carboxylic acids is 1. The first-order valence-electron chi connectivity index (χ1n) is 10.1. The summed E-state index contributed by atoms with van der Waals surface area (Å²) in [6.07, 6.45) is 5.55. The lowest BCUT2D eigenvalue weighted by Gasteiger charge is -2.37. The highest BCUT2D eigenvalue weighted by Crippen LogP contribution is 2.44. The molecule has 0 amide bonds. The third kappa shape index (κ3) is 5.85. The van der Waals surface area contributed by atoms with E-state index in [2.05, 4.69) is 0 Å². The molecule has 30 heavy (non-hydrogen) atoms. The van der Waals surface area contributed by atoms with E-state index in [0.29, 0.717) is 18.1 Å².